The molecule has 1 aromatic rings. The first-order valence-corrected chi connectivity index (χ1v) is 7.38. The van der Waals surface area contributed by atoms with Gasteiger partial charge >= 0.3 is 0 Å². The van der Waals surface area contributed by atoms with Gasteiger partial charge in [0.15, 0.2) is 11.6 Å². The Morgan fingerprint density at radius 1 is 1.38 bits per heavy atom. The molecule has 1 aliphatic rings. The number of nitrogens with one attached hydrogen (secondary N) is 2. The summed E-state index contributed by atoms with van der Waals surface area (Å²) >= 11 is 0. The van der Waals surface area contributed by atoms with Gasteiger partial charge in [-0.05, 0) is 6.07 Å². The van der Waals surface area contributed by atoms with E-state index in [4.69, 9.17) is 5.73 Å². The van der Waals surface area contributed by atoms with Crippen LogP contribution in [0.3, 0.4) is 0 Å². The van der Waals surface area contributed by atoms with E-state index in [1.165, 1.54) is 12.1 Å². The molecule has 1 fully saturated rings. The second-order valence-corrected chi connectivity index (χ2v) is 5.44. The van der Waals surface area contributed by atoms with E-state index in [0.717, 1.165) is 6.07 Å². The number of primary amides is 1. The molecule has 1 atom stereocenters. The topological polar surface area (TPSA) is 105 Å². The minimum Gasteiger partial charge on any atom is -0.368 e. The van der Waals surface area contributed by atoms with Gasteiger partial charge in [0.05, 0.1) is 19.0 Å². The zero-order valence-corrected chi connectivity index (χ0v) is 12.9. The number of amides is 3. The fourth-order valence-electron chi connectivity index (χ4n) is 2.50. The Hall–Kier alpha value is -2.55. The number of halogens is 2. The minimum atomic E-state index is -0.972. The van der Waals surface area contributed by atoms with Crippen LogP contribution >= 0.6 is 0 Å². The predicted molar refractivity (Wildman–Crippen MR) is 80.4 cm³/mol. The number of carbonyl (C=O) groups excluding carboxylic acids is 3. The highest BCUT2D eigenvalue weighted by Gasteiger charge is 2.32. The molecule has 3 amide bonds. The fourth-order valence-corrected chi connectivity index (χ4v) is 2.50. The molecule has 1 aliphatic heterocycles. The summed E-state index contributed by atoms with van der Waals surface area (Å²) in [5.74, 6) is -3.55. The van der Waals surface area contributed by atoms with Crippen LogP contribution in [0.4, 0.5) is 8.78 Å². The summed E-state index contributed by atoms with van der Waals surface area (Å²) in [5.41, 5.74) is 5.04. The Morgan fingerprint density at radius 3 is 2.83 bits per heavy atom. The molecule has 2 rings (SSSR count). The molecule has 0 bridgehead atoms. The smallest absolute Gasteiger partial charge is 0.237 e. The van der Waals surface area contributed by atoms with Crippen LogP contribution < -0.4 is 16.4 Å². The Labute approximate surface area is 137 Å². The Bertz CT molecular complexity index is 654. The lowest BCUT2D eigenvalue weighted by molar-refractivity contribution is -0.134. The van der Waals surface area contributed by atoms with Crippen molar-refractivity contribution in [1.82, 2.24) is 15.5 Å². The third kappa shape index (κ3) is 4.48. The lowest BCUT2D eigenvalue weighted by Crippen LogP contribution is -2.56. The maximum absolute atomic E-state index is 13.8. The van der Waals surface area contributed by atoms with Crippen molar-refractivity contribution in [3.05, 3.63) is 35.4 Å². The van der Waals surface area contributed by atoms with Crippen LogP contribution in [0, 0.1) is 11.6 Å². The molecule has 130 valence electrons. The quantitative estimate of drug-likeness (QED) is 0.634. The van der Waals surface area contributed by atoms with E-state index >= 15 is 0 Å². The molecule has 0 radical (unpaired) electrons. The van der Waals surface area contributed by atoms with E-state index in [2.05, 4.69) is 10.6 Å². The Morgan fingerprint density at radius 2 is 2.12 bits per heavy atom. The molecule has 0 aromatic heterocycles. The Balaban J connectivity index is 2.08. The van der Waals surface area contributed by atoms with Gasteiger partial charge in [-0.15, -0.1) is 0 Å². The molecule has 1 saturated heterocycles. The van der Waals surface area contributed by atoms with E-state index in [-0.39, 0.29) is 31.0 Å². The normalized spacial score (nSPS) is 18.1. The fraction of sp³-hybridized carbons (Fsp3) is 0.400. The second kappa shape index (κ2) is 7.82. The van der Waals surface area contributed by atoms with Crippen molar-refractivity contribution in [1.29, 1.82) is 0 Å². The monoisotopic (exact) mass is 340 g/mol. The Kier molecular flexibility index (Phi) is 5.80. The van der Waals surface area contributed by atoms with Gasteiger partial charge in [0.2, 0.25) is 17.7 Å². The first kappa shape index (κ1) is 17.8. The minimum absolute atomic E-state index is 0.00915. The van der Waals surface area contributed by atoms with Crippen molar-refractivity contribution in [3.63, 3.8) is 0 Å². The first-order chi connectivity index (χ1) is 11.4. The maximum atomic E-state index is 13.8. The molecule has 1 aromatic carbocycles. The van der Waals surface area contributed by atoms with Gasteiger partial charge < -0.3 is 16.4 Å². The zero-order valence-electron chi connectivity index (χ0n) is 12.9. The highest BCUT2D eigenvalue weighted by molar-refractivity contribution is 5.90. The molecular formula is C15H18F2N4O3. The summed E-state index contributed by atoms with van der Waals surface area (Å²) < 4.78 is 27.1. The number of rotatable bonds is 6. The van der Waals surface area contributed by atoms with Crippen LogP contribution in [-0.4, -0.2) is 48.3 Å². The maximum Gasteiger partial charge on any atom is 0.237 e. The van der Waals surface area contributed by atoms with Crippen molar-refractivity contribution in [2.45, 2.75) is 19.0 Å². The van der Waals surface area contributed by atoms with Gasteiger partial charge in [-0.1, -0.05) is 12.1 Å². The number of hydrogen-bond donors (Lipinski definition) is 3. The van der Waals surface area contributed by atoms with Crippen LogP contribution in [0.2, 0.25) is 0 Å². The summed E-state index contributed by atoms with van der Waals surface area (Å²) in [6.07, 6.45) is -0.212. The lowest BCUT2D eigenvalue weighted by Gasteiger charge is -2.34. The second-order valence-electron chi connectivity index (χ2n) is 5.44. The summed E-state index contributed by atoms with van der Waals surface area (Å²) in [4.78, 5) is 36.1. The van der Waals surface area contributed by atoms with E-state index in [0.29, 0.717) is 13.1 Å². The van der Waals surface area contributed by atoms with Gasteiger partial charge in [-0.2, -0.15) is 0 Å². The molecule has 24 heavy (non-hydrogen) atoms. The van der Waals surface area contributed by atoms with Gasteiger partial charge in [0.1, 0.15) is 0 Å². The molecule has 9 heteroatoms. The molecule has 0 saturated carbocycles. The van der Waals surface area contributed by atoms with Crippen molar-refractivity contribution in [2.75, 3.05) is 19.6 Å². The number of benzene rings is 1. The molecule has 7 nitrogen and oxygen atoms in total. The van der Waals surface area contributed by atoms with Crippen molar-refractivity contribution < 1.29 is 23.2 Å². The van der Waals surface area contributed by atoms with Gasteiger partial charge in [0, 0.05) is 25.2 Å². The largest absolute Gasteiger partial charge is 0.368 e. The zero-order chi connectivity index (χ0) is 17.7. The molecule has 0 aliphatic carbocycles. The average Bonchev–Trinajstić information content (AvgIpc) is 2.53. The standard InChI is InChI=1S/C15H18F2N4O3/c16-10-3-1-2-9(14(10)17)8-21-5-4-19-15(24)11(21)6-13(23)20-7-12(18)22/h1-3,11H,4-8H2,(H2,18,22)(H,19,24)(H,20,23)/t11-/m1/s1. The van der Waals surface area contributed by atoms with Crippen LogP contribution in [-0.2, 0) is 20.9 Å². The summed E-state index contributed by atoms with van der Waals surface area (Å²) in [6.45, 7) is 0.390. The molecule has 0 unspecified atom stereocenters. The number of hydrogen-bond acceptors (Lipinski definition) is 4. The van der Waals surface area contributed by atoms with Gasteiger partial charge in [-0.3, -0.25) is 19.3 Å². The van der Waals surface area contributed by atoms with Crippen molar-refractivity contribution >= 4 is 17.7 Å². The lowest BCUT2D eigenvalue weighted by atomic mass is 10.1. The number of carbonyl (C=O) groups is 3. The van der Waals surface area contributed by atoms with Crippen LogP contribution in [0.15, 0.2) is 18.2 Å². The van der Waals surface area contributed by atoms with Crippen molar-refractivity contribution in [3.8, 4) is 0 Å². The third-order valence-corrected chi connectivity index (χ3v) is 3.69. The number of piperazine rings is 1. The van der Waals surface area contributed by atoms with Crippen LogP contribution in [0.5, 0.6) is 0 Å². The predicted octanol–water partition coefficient (Wildman–Crippen LogP) is -0.743. The number of nitrogens with zero attached hydrogens (tertiary/aromatic N) is 1. The third-order valence-electron chi connectivity index (χ3n) is 3.69. The molecule has 1 heterocycles. The van der Waals surface area contributed by atoms with Crippen LogP contribution in [0.25, 0.3) is 0 Å². The highest BCUT2D eigenvalue weighted by Crippen LogP contribution is 2.17. The van der Waals surface area contributed by atoms with Crippen molar-refractivity contribution in [2.24, 2.45) is 5.73 Å². The summed E-state index contributed by atoms with van der Waals surface area (Å²) in [6, 6.07) is 2.98. The number of nitrogens with two attached hydrogens (primary N) is 1. The van der Waals surface area contributed by atoms with Crippen LogP contribution in [0.1, 0.15) is 12.0 Å². The molecule has 0 spiro atoms. The van der Waals surface area contributed by atoms with Gasteiger partial charge in [0.25, 0.3) is 0 Å². The first-order valence-electron chi connectivity index (χ1n) is 7.38. The van der Waals surface area contributed by atoms with E-state index in [1.54, 1.807) is 4.90 Å². The SMILES string of the molecule is NC(=O)CNC(=O)C[C@@H]1C(=O)NCCN1Cc1cccc(F)c1F. The summed E-state index contributed by atoms with van der Waals surface area (Å²) in [7, 11) is 0. The average molecular weight is 340 g/mol. The highest BCUT2D eigenvalue weighted by atomic mass is 19.2. The van der Waals surface area contributed by atoms with E-state index in [1.807, 2.05) is 0 Å². The molecular weight excluding hydrogens is 322 g/mol. The summed E-state index contributed by atoms with van der Waals surface area (Å²) in [5, 5.41) is 4.92. The van der Waals surface area contributed by atoms with Gasteiger partial charge in [-0.25, -0.2) is 8.78 Å². The van der Waals surface area contributed by atoms with E-state index in [9.17, 15) is 23.2 Å². The molecule has 4 N–H and O–H groups in total. The van der Waals surface area contributed by atoms with E-state index < -0.39 is 29.5 Å².